The summed E-state index contributed by atoms with van der Waals surface area (Å²) in [5, 5.41) is 0.987. The van der Waals surface area contributed by atoms with Gasteiger partial charge in [0.25, 0.3) is 5.76 Å². The lowest BCUT2D eigenvalue weighted by Crippen LogP contribution is -2.27. The number of aromatic nitrogens is 1. The molecule has 2 heterocycles. The lowest BCUT2D eigenvalue weighted by atomic mass is 10.0. The van der Waals surface area contributed by atoms with Crippen molar-refractivity contribution in [2.45, 2.75) is 42.9 Å². The van der Waals surface area contributed by atoms with E-state index in [1.807, 2.05) is 19.1 Å². The van der Waals surface area contributed by atoms with Gasteiger partial charge < -0.3 is 9.88 Å². The fourth-order valence-corrected chi connectivity index (χ4v) is 4.03. The summed E-state index contributed by atoms with van der Waals surface area (Å²) in [7, 11) is 2.15. The van der Waals surface area contributed by atoms with E-state index in [-0.39, 0.29) is 0 Å². The molecule has 2 aromatic rings. The van der Waals surface area contributed by atoms with E-state index < -0.39 is 5.76 Å². The number of benzene rings is 1. The largest absolute Gasteiger partial charge is 0.358 e. The highest BCUT2D eigenvalue weighted by Gasteiger charge is 2.24. The molecule has 1 aliphatic rings. The number of nitrogens with one attached hydrogen (secondary N) is 1. The molecule has 0 bridgehead atoms. The second-order valence-electron chi connectivity index (χ2n) is 5.77. The third-order valence-electron chi connectivity index (χ3n) is 4.43. The van der Waals surface area contributed by atoms with Crippen LogP contribution in [-0.2, 0) is 6.42 Å². The van der Waals surface area contributed by atoms with Crippen LogP contribution in [-0.4, -0.2) is 35.3 Å². The Bertz CT molecular complexity index is 638. The van der Waals surface area contributed by atoms with Gasteiger partial charge in [-0.05, 0) is 57.5 Å². The summed E-state index contributed by atoms with van der Waals surface area (Å²) in [5.74, 6) is -2.38. The SMILES string of the molecule is Cc1[nH]c2cccc(SC(F)F)c2c1C[C@H]1CCCN1C. The number of hydrogen-bond donors (Lipinski definition) is 1. The fraction of sp³-hybridized carbons (Fsp3) is 0.500. The first-order valence-electron chi connectivity index (χ1n) is 7.31. The molecule has 1 aliphatic heterocycles. The van der Waals surface area contributed by atoms with Crippen LogP contribution in [0.1, 0.15) is 24.1 Å². The van der Waals surface area contributed by atoms with Crippen molar-refractivity contribution in [2.75, 3.05) is 13.6 Å². The quantitative estimate of drug-likeness (QED) is 0.843. The summed E-state index contributed by atoms with van der Waals surface area (Å²) in [5.41, 5.74) is 3.27. The van der Waals surface area contributed by atoms with Gasteiger partial charge in [-0.1, -0.05) is 17.8 Å². The normalized spacial score (nSPS) is 20.0. The second kappa shape index (κ2) is 5.97. The maximum Gasteiger partial charge on any atom is 0.288 e. The maximum absolute atomic E-state index is 12.8. The summed E-state index contributed by atoms with van der Waals surface area (Å²) < 4.78 is 25.6. The smallest absolute Gasteiger partial charge is 0.288 e. The van der Waals surface area contributed by atoms with Crippen molar-refractivity contribution in [3.05, 3.63) is 29.5 Å². The van der Waals surface area contributed by atoms with Gasteiger partial charge in [0.15, 0.2) is 0 Å². The van der Waals surface area contributed by atoms with Gasteiger partial charge in [-0.25, -0.2) is 0 Å². The van der Waals surface area contributed by atoms with Gasteiger partial charge in [0.05, 0.1) is 0 Å². The number of thioether (sulfide) groups is 1. The van der Waals surface area contributed by atoms with Gasteiger partial charge in [-0.3, -0.25) is 0 Å². The van der Waals surface area contributed by atoms with Crippen LogP contribution in [0.25, 0.3) is 10.9 Å². The van der Waals surface area contributed by atoms with Crippen LogP contribution in [0.4, 0.5) is 8.78 Å². The zero-order chi connectivity index (χ0) is 15.0. The van der Waals surface area contributed by atoms with Crippen molar-refractivity contribution in [2.24, 2.45) is 0 Å². The first kappa shape index (κ1) is 14.9. The molecular formula is C16H20F2N2S. The number of fused-ring (bicyclic) bond motifs is 1. The van der Waals surface area contributed by atoms with E-state index in [9.17, 15) is 8.78 Å². The summed E-state index contributed by atoms with van der Waals surface area (Å²) in [4.78, 5) is 6.41. The first-order valence-corrected chi connectivity index (χ1v) is 8.19. The molecule has 0 spiro atoms. The van der Waals surface area contributed by atoms with Crippen LogP contribution in [0.15, 0.2) is 23.1 Å². The summed E-state index contributed by atoms with van der Waals surface area (Å²) in [6.07, 6.45) is 3.34. The molecule has 1 saturated heterocycles. The lowest BCUT2D eigenvalue weighted by Gasteiger charge is -2.19. The molecule has 114 valence electrons. The van der Waals surface area contributed by atoms with E-state index in [2.05, 4.69) is 16.9 Å². The number of nitrogens with zero attached hydrogens (tertiary/aromatic N) is 1. The number of likely N-dealkylation sites (N-methyl/N-ethyl adjacent to an activating group) is 1. The van der Waals surface area contributed by atoms with E-state index >= 15 is 0 Å². The van der Waals surface area contributed by atoms with Crippen molar-refractivity contribution >= 4 is 22.7 Å². The van der Waals surface area contributed by atoms with E-state index in [4.69, 9.17) is 0 Å². The molecule has 3 rings (SSSR count). The number of hydrogen-bond acceptors (Lipinski definition) is 2. The van der Waals surface area contributed by atoms with Crippen LogP contribution >= 0.6 is 11.8 Å². The highest BCUT2D eigenvalue weighted by molar-refractivity contribution is 7.99. The molecule has 0 radical (unpaired) electrons. The Morgan fingerprint density at radius 2 is 2.24 bits per heavy atom. The molecule has 1 atom stereocenters. The van der Waals surface area contributed by atoms with Crippen LogP contribution in [0.3, 0.4) is 0 Å². The summed E-state index contributed by atoms with van der Waals surface area (Å²) >= 11 is 0.647. The highest BCUT2D eigenvalue weighted by Crippen LogP contribution is 2.36. The van der Waals surface area contributed by atoms with Gasteiger partial charge in [-0.2, -0.15) is 8.78 Å². The minimum absolute atomic E-state index is 0.521. The molecule has 2 nitrogen and oxygen atoms in total. The number of H-pyrrole nitrogens is 1. The van der Waals surface area contributed by atoms with Gasteiger partial charge in [0, 0.05) is 27.5 Å². The monoisotopic (exact) mass is 310 g/mol. The zero-order valence-corrected chi connectivity index (χ0v) is 13.1. The highest BCUT2D eigenvalue weighted by atomic mass is 32.2. The molecule has 0 amide bonds. The Kier molecular flexibility index (Phi) is 4.22. The van der Waals surface area contributed by atoms with Crippen LogP contribution in [0.5, 0.6) is 0 Å². The van der Waals surface area contributed by atoms with Gasteiger partial charge >= 0.3 is 0 Å². The van der Waals surface area contributed by atoms with E-state index in [0.717, 1.165) is 29.6 Å². The number of rotatable bonds is 4. The number of alkyl halides is 2. The fourth-order valence-electron chi connectivity index (χ4n) is 3.33. The molecule has 1 fully saturated rings. The van der Waals surface area contributed by atoms with Crippen molar-refractivity contribution in [3.63, 3.8) is 0 Å². The van der Waals surface area contributed by atoms with Crippen molar-refractivity contribution < 1.29 is 8.78 Å². The van der Waals surface area contributed by atoms with Crippen molar-refractivity contribution in [3.8, 4) is 0 Å². The number of aryl methyl sites for hydroxylation is 1. The Balaban J connectivity index is 2.02. The Morgan fingerprint density at radius 3 is 2.90 bits per heavy atom. The topological polar surface area (TPSA) is 19.0 Å². The zero-order valence-electron chi connectivity index (χ0n) is 12.3. The van der Waals surface area contributed by atoms with Crippen LogP contribution < -0.4 is 0 Å². The average molecular weight is 310 g/mol. The van der Waals surface area contributed by atoms with Crippen molar-refractivity contribution in [1.29, 1.82) is 0 Å². The van der Waals surface area contributed by atoms with Gasteiger partial charge in [-0.15, -0.1) is 0 Å². The van der Waals surface area contributed by atoms with Gasteiger partial charge in [0.2, 0.25) is 0 Å². The predicted octanol–water partition coefficient (Wildman–Crippen LogP) is 4.43. The Hall–Kier alpha value is -1.07. The molecule has 0 aliphatic carbocycles. The third-order valence-corrected chi connectivity index (χ3v) is 5.20. The minimum atomic E-state index is -2.38. The van der Waals surface area contributed by atoms with Crippen LogP contribution in [0, 0.1) is 6.92 Å². The third kappa shape index (κ3) is 2.94. The summed E-state index contributed by atoms with van der Waals surface area (Å²) in [6, 6.07) is 6.13. The first-order chi connectivity index (χ1) is 10.1. The molecule has 1 N–H and O–H groups in total. The molecule has 1 aromatic carbocycles. The predicted molar refractivity (Wildman–Crippen MR) is 84.3 cm³/mol. The molecule has 1 aromatic heterocycles. The molecule has 21 heavy (non-hydrogen) atoms. The molecular weight excluding hydrogens is 290 g/mol. The van der Waals surface area contributed by atoms with Gasteiger partial charge in [0.1, 0.15) is 0 Å². The second-order valence-corrected chi connectivity index (χ2v) is 6.80. The van der Waals surface area contributed by atoms with E-state index in [0.29, 0.717) is 22.7 Å². The Morgan fingerprint density at radius 1 is 1.43 bits per heavy atom. The standard InChI is InChI=1S/C16H20F2N2S/c1-10-12(9-11-5-4-8-20(11)2)15-13(19-10)6-3-7-14(15)21-16(17)18/h3,6-7,11,16,19H,4-5,8-9H2,1-2H3/t11-/m1/s1. The number of aromatic amines is 1. The maximum atomic E-state index is 12.8. The number of halogens is 2. The minimum Gasteiger partial charge on any atom is -0.358 e. The molecule has 0 saturated carbocycles. The van der Waals surface area contributed by atoms with E-state index in [1.165, 1.54) is 18.4 Å². The van der Waals surface area contributed by atoms with Crippen molar-refractivity contribution in [1.82, 2.24) is 9.88 Å². The summed E-state index contributed by atoms with van der Waals surface area (Å²) in [6.45, 7) is 3.17. The molecule has 5 heteroatoms. The number of likely N-dealkylation sites (tertiary alicyclic amines) is 1. The van der Waals surface area contributed by atoms with E-state index in [1.54, 1.807) is 6.07 Å². The average Bonchev–Trinajstić information content (AvgIpc) is 2.95. The Labute approximate surface area is 127 Å². The molecule has 0 unspecified atom stereocenters. The van der Waals surface area contributed by atoms with Crippen LogP contribution in [0.2, 0.25) is 0 Å². The lowest BCUT2D eigenvalue weighted by molar-refractivity contribution is 0.252.